The Morgan fingerprint density at radius 1 is 1.43 bits per heavy atom. The van der Waals surface area contributed by atoms with E-state index in [-0.39, 0.29) is 11.3 Å². The maximum atomic E-state index is 12.9. The van der Waals surface area contributed by atoms with Crippen LogP contribution in [-0.2, 0) is 4.79 Å². The second kappa shape index (κ2) is 4.09. The highest BCUT2D eigenvalue weighted by molar-refractivity contribution is 5.95. The summed E-state index contributed by atoms with van der Waals surface area (Å²) in [7, 11) is 0. The highest BCUT2D eigenvalue weighted by Crippen LogP contribution is 2.65. The number of aromatic nitrogens is 2. The van der Waals surface area contributed by atoms with Gasteiger partial charge in [0.1, 0.15) is 17.5 Å². The third-order valence-electron chi connectivity index (χ3n) is 5.83. The fourth-order valence-electron chi connectivity index (χ4n) is 5.70. The van der Waals surface area contributed by atoms with Crippen molar-refractivity contribution >= 4 is 11.7 Å². The molecule has 21 heavy (non-hydrogen) atoms. The van der Waals surface area contributed by atoms with E-state index in [0.29, 0.717) is 28.6 Å². The molecule has 0 radical (unpaired) electrons. The Balaban J connectivity index is 1.61. The van der Waals surface area contributed by atoms with Gasteiger partial charge in [0.2, 0.25) is 5.91 Å². The number of anilines is 1. The van der Waals surface area contributed by atoms with Gasteiger partial charge in [0, 0.05) is 0 Å². The zero-order valence-corrected chi connectivity index (χ0v) is 12.3. The molecule has 4 aliphatic carbocycles. The van der Waals surface area contributed by atoms with E-state index in [0.717, 1.165) is 19.3 Å². The summed E-state index contributed by atoms with van der Waals surface area (Å²) in [5.74, 6) is 1.95. The normalized spacial score (nSPS) is 40.0. The standard InChI is InChI=1S/C16H20N4O/c1-15-3-10-2-11(4-15)6-16(5-10,9-15)14(21)19-13-12(7-17)8-18-20-13/h8,10-11H,2-6,9H2,1H3,(H2,18,19,20,21). The number of nitrogens with zero attached hydrogens (tertiary/aromatic N) is 2. The Hall–Kier alpha value is -1.83. The predicted molar refractivity (Wildman–Crippen MR) is 77.2 cm³/mol. The van der Waals surface area contributed by atoms with Gasteiger partial charge in [-0.1, -0.05) is 6.92 Å². The first-order valence-electron chi connectivity index (χ1n) is 7.77. The van der Waals surface area contributed by atoms with Crippen LogP contribution in [0.25, 0.3) is 0 Å². The second-order valence-corrected chi connectivity index (χ2v) is 7.78. The first kappa shape index (κ1) is 12.9. The first-order valence-corrected chi connectivity index (χ1v) is 7.77. The summed E-state index contributed by atoms with van der Waals surface area (Å²) in [5, 5.41) is 18.5. The fraction of sp³-hybridized carbons (Fsp3) is 0.688. The molecule has 2 atom stereocenters. The Morgan fingerprint density at radius 2 is 2.14 bits per heavy atom. The number of carbonyl (C=O) groups excluding carboxylic acids is 1. The molecule has 1 amide bonds. The third kappa shape index (κ3) is 1.89. The molecule has 4 bridgehead atoms. The Labute approximate surface area is 124 Å². The molecule has 0 aromatic carbocycles. The van der Waals surface area contributed by atoms with Crippen molar-refractivity contribution in [1.82, 2.24) is 10.2 Å². The zero-order valence-electron chi connectivity index (χ0n) is 12.3. The van der Waals surface area contributed by atoms with E-state index in [1.165, 1.54) is 25.5 Å². The number of amides is 1. The van der Waals surface area contributed by atoms with E-state index in [9.17, 15) is 4.79 Å². The van der Waals surface area contributed by atoms with Crippen LogP contribution in [0.1, 0.15) is 51.0 Å². The van der Waals surface area contributed by atoms with Gasteiger partial charge >= 0.3 is 0 Å². The number of carbonyl (C=O) groups is 1. The molecule has 110 valence electrons. The van der Waals surface area contributed by atoms with Gasteiger partial charge < -0.3 is 5.32 Å². The number of rotatable bonds is 2. The minimum Gasteiger partial charge on any atom is -0.309 e. The number of hydrogen-bond donors (Lipinski definition) is 2. The average Bonchev–Trinajstić information content (AvgIpc) is 2.83. The molecule has 4 fully saturated rings. The van der Waals surface area contributed by atoms with Gasteiger partial charge in [-0.15, -0.1) is 0 Å². The van der Waals surface area contributed by atoms with E-state index in [1.54, 1.807) is 0 Å². The summed E-state index contributed by atoms with van der Waals surface area (Å²) < 4.78 is 0. The predicted octanol–water partition coefficient (Wildman–Crippen LogP) is 2.83. The molecule has 4 saturated carbocycles. The number of H-pyrrole nitrogens is 1. The van der Waals surface area contributed by atoms with Crippen molar-refractivity contribution in [1.29, 1.82) is 5.26 Å². The van der Waals surface area contributed by atoms with Crippen molar-refractivity contribution in [2.45, 2.75) is 45.4 Å². The smallest absolute Gasteiger partial charge is 0.231 e. The Bertz CT molecular complexity index is 627. The van der Waals surface area contributed by atoms with Gasteiger partial charge in [-0.3, -0.25) is 9.89 Å². The molecule has 5 rings (SSSR count). The highest BCUT2D eigenvalue weighted by atomic mass is 16.2. The summed E-state index contributed by atoms with van der Waals surface area (Å²) in [6.45, 7) is 2.35. The van der Waals surface area contributed by atoms with Crippen LogP contribution >= 0.6 is 0 Å². The molecular formula is C16H20N4O. The zero-order chi connectivity index (χ0) is 14.7. The van der Waals surface area contributed by atoms with Gasteiger partial charge in [0.15, 0.2) is 0 Å². The lowest BCUT2D eigenvalue weighted by atomic mass is 9.44. The van der Waals surface area contributed by atoms with E-state index >= 15 is 0 Å². The summed E-state index contributed by atoms with van der Waals surface area (Å²) in [6, 6.07) is 2.05. The molecule has 2 N–H and O–H groups in total. The van der Waals surface area contributed by atoms with Crippen LogP contribution in [0.2, 0.25) is 0 Å². The quantitative estimate of drug-likeness (QED) is 0.876. The minimum atomic E-state index is -0.226. The number of nitriles is 1. The van der Waals surface area contributed by atoms with Crippen molar-refractivity contribution in [3.05, 3.63) is 11.8 Å². The van der Waals surface area contributed by atoms with Crippen LogP contribution in [0.4, 0.5) is 5.82 Å². The van der Waals surface area contributed by atoms with Crippen molar-refractivity contribution in [2.24, 2.45) is 22.7 Å². The fourth-order valence-corrected chi connectivity index (χ4v) is 5.70. The van der Waals surface area contributed by atoms with Crippen molar-refractivity contribution < 1.29 is 4.79 Å². The van der Waals surface area contributed by atoms with E-state index in [4.69, 9.17) is 5.26 Å². The van der Waals surface area contributed by atoms with Crippen molar-refractivity contribution in [3.63, 3.8) is 0 Å². The molecule has 4 aliphatic rings. The lowest BCUT2D eigenvalue weighted by Gasteiger charge is -2.60. The molecule has 0 aliphatic heterocycles. The molecular weight excluding hydrogens is 264 g/mol. The summed E-state index contributed by atoms with van der Waals surface area (Å²) in [6.07, 6.45) is 8.35. The first-order chi connectivity index (χ1) is 10.0. The average molecular weight is 284 g/mol. The van der Waals surface area contributed by atoms with Gasteiger partial charge in [0.25, 0.3) is 0 Å². The van der Waals surface area contributed by atoms with Gasteiger partial charge in [-0.25, -0.2) is 0 Å². The molecule has 1 heterocycles. The second-order valence-electron chi connectivity index (χ2n) is 7.78. The maximum absolute atomic E-state index is 12.9. The Morgan fingerprint density at radius 3 is 2.76 bits per heavy atom. The maximum Gasteiger partial charge on any atom is 0.231 e. The van der Waals surface area contributed by atoms with Crippen LogP contribution < -0.4 is 5.32 Å². The van der Waals surface area contributed by atoms with Crippen molar-refractivity contribution in [2.75, 3.05) is 5.32 Å². The van der Waals surface area contributed by atoms with Crippen LogP contribution in [0.3, 0.4) is 0 Å². The molecule has 2 unspecified atom stereocenters. The lowest BCUT2D eigenvalue weighted by molar-refractivity contribution is -0.149. The summed E-state index contributed by atoms with van der Waals surface area (Å²) in [5.41, 5.74) is 0.517. The van der Waals surface area contributed by atoms with E-state index in [2.05, 4.69) is 28.5 Å². The van der Waals surface area contributed by atoms with Crippen LogP contribution in [0.15, 0.2) is 6.20 Å². The molecule has 5 heteroatoms. The van der Waals surface area contributed by atoms with Crippen LogP contribution in [-0.4, -0.2) is 16.1 Å². The molecule has 1 aromatic heterocycles. The largest absolute Gasteiger partial charge is 0.309 e. The minimum absolute atomic E-state index is 0.0866. The van der Waals surface area contributed by atoms with Crippen LogP contribution in [0, 0.1) is 34.0 Å². The molecule has 1 aromatic rings. The van der Waals surface area contributed by atoms with Gasteiger partial charge in [-0.05, 0) is 55.8 Å². The monoisotopic (exact) mass is 284 g/mol. The topological polar surface area (TPSA) is 81.6 Å². The SMILES string of the molecule is CC12CC3CC(C1)CC(C(=O)Nc1[nH]ncc1C#N)(C3)C2. The van der Waals surface area contributed by atoms with Gasteiger partial charge in [-0.2, -0.15) is 10.4 Å². The van der Waals surface area contributed by atoms with E-state index < -0.39 is 0 Å². The Kier molecular flexibility index (Phi) is 2.51. The lowest BCUT2D eigenvalue weighted by Crippen LogP contribution is -2.55. The third-order valence-corrected chi connectivity index (χ3v) is 5.83. The molecule has 0 saturated heterocycles. The summed E-state index contributed by atoms with van der Waals surface area (Å²) >= 11 is 0. The van der Waals surface area contributed by atoms with Gasteiger partial charge in [0.05, 0.1) is 11.6 Å². The number of nitrogens with one attached hydrogen (secondary N) is 2. The summed E-state index contributed by atoms with van der Waals surface area (Å²) in [4.78, 5) is 12.9. The highest BCUT2D eigenvalue weighted by Gasteiger charge is 2.58. The number of hydrogen-bond acceptors (Lipinski definition) is 3. The van der Waals surface area contributed by atoms with Crippen molar-refractivity contribution in [3.8, 4) is 6.07 Å². The van der Waals surface area contributed by atoms with Crippen LogP contribution in [0.5, 0.6) is 0 Å². The molecule has 0 spiro atoms. The molecule has 5 nitrogen and oxygen atoms in total. The number of aromatic amines is 1. The van der Waals surface area contributed by atoms with E-state index in [1.807, 2.05) is 0 Å².